The fraction of sp³-hybridized carbons (Fsp3) is 0.125. The molecule has 33 heavy (non-hydrogen) atoms. The molecule has 164 valence electrons. The lowest BCUT2D eigenvalue weighted by molar-refractivity contribution is 0.0943. The van der Waals surface area contributed by atoms with Gasteiger partial charge in [-0.05, 0) is 35.4 Å². The van der Waals surface area contributed by atoms with Gasteiger partial charge in [0.05, 0.1) is 18.8 Å². The Morgan fingerprint density at radius 1 is 1.06 bits per heavy atom. The van der Waals surface area contributed by atoms with Gasteiger partial charge in [0.1, 0.15) is 24.1 Å². The van der Waals surface area contributed by atoms with E-state index in [1.165, 1.54) is 12.4 Å². The number of pyridine rings is 3. The number of rotatable bonds is 7. The second-order valence-corrected chi connectivity index (χ2v) is 7.02. The van der Waals surface area contributed by atoms with Gasteiger partial charge in [0.25, 0.3) is 5.91 Å². The first-order valence-corrected chi connectivity index (χ1v) is 9.95. The molecule has 0 saturated heterocycles. The Morgan fingerprint density at radius 3 is 2.55 bits per heavy atom. The minimum atomic E-state index is -0.543. The summed E-state index contributed by atoms with van der Waals surface area (Å²) in [5, 5.41) is 22.4. The minimum absolute atomic E-state index is 0.113. The highest BCUT2D eigenvalue weighted by Crippen LogP contribution is 2.28. The average molecular weight is 441 g/mol. The average Bonchev–Trinajstić information content (AvgIpc) is 2.86. The number of hydrogen-bond acceptors (Lipinski definition) is 8. The summed E-state index contributed by atoms with van der Waals surface area (Å²) in [6, 6.07) is 15.9. The van der Waals surface area contributed by atoms with E-state index in [0.717, 1.165) is 11.3 Å². The predicted octanol–water partition coefficient (Wildman–Crippen LogP) is 3.12. The van der Waals surface area contributed by atoms with Crippen molar-refractivity contribution in [3.63, 3.8) is 0 Å². The summed E-state index contributed by atoms with van der Waals surface area (Å²) in [5.74, 6) is 0.318. The van der Waals surface area contributed by atoms with Crippen LogP contribution in [0.25, 0.3) is 10.9 Å². The van der Waals surface area contributed by atoms with Crippen molar-refractivity contribution in [2.45, 2.75) is 13.2 Å². The summed E-state index contributed by atoms with van der Waals surface area (Å²) in [4.78, 5) is 24.9. The monoisotopic (exact) mass is 441 g/mol. The first-order valence-electron chi connectivity index (χ1n) is 9.95. The standard InChI is InChI=1S/C24H19N5O4/c1-32-18-6-3-15(4-7-18)14-33-21-9-8-19-20(29-21)13-27-22(23(19)30)24(31)28-12-16-2-5-17(10-25)26-11-16/h2-9,11,13,30H,12,14H2,1H3,(H,28,31). The molecule has 0 aliphatic carbocycles. The van der Waals surface area contributed by atoms with Crippen LogP contribution in [-0.2, 0) is 13.2 Å². The van der Waals surface area contributed by atoms with Gasteiger partial charge in [0, 0.05) is 24.2 Å². The number of nitrogens with zero attached hydrogens (tertiary/aromatic N) is 4. The van der Waals surface area contributed by atoms with Crippen molar-refractivity contribution >= 4 is 16.8 Å². The van der Waals surface area contributed by atoms with E-state index in [2.05, 4.69) is 20.3 Å². The number of aromatic hydroxyl groups is 1. The first-order chi connectivity index (χ1) is 16.1. The van der Waals surface area contributed by atoms with Crippen molar-refractivity contribution in [3.05, 3.63) is 83.4 Å². The Kier molecular flexibility index (Phi) is 6.27. The zero-order chi connectivity index (χ0) is 23.2. The third kappa shape index (κ3) is 4.97. The number of nitrogens with one attached hydrogen (secondary N) is 1. The molecule has 0 saturated carbocycles. The Labute approximate surface area is 189 Å². The second-order valence-electron chi connectivity index (χ2n) is 7.02. The molecule has 0 atom stereocenters. The molecule has 0 aliphatic rings. The van der Waals surface area contributed by atoms with Crippen molar-refractivity contribution in [2.24, 2.45) is 0 Å². The van der Waals surface area contributed by atoms with Gasteiger partial charge in [-0.25, -0.2) is 15.0 Å². The van der Waals surface area contributed by atoms with Crippen molar-refractivity contribution in [1.82, 2.24) is 20.3 Å². The van der Waals surface area contributed by atoms with Gasteiger partial charge in [-0.2, -0.15) is 5.26 Å². The SMILES string of the molecule is COc1ccc(COc2ccc3c(O)c(C(=O)NCc4ccc(C#N)nc4)ncc3n2)cc1. The van der Waals surface area contributed by atoms with Crippen LogP contribution in [0, 0.1) is 11.3 Å². The molecule has 3 aromatic heterocycles. The molecule has 3 heterocycles. The molecular formula is C24H19N5O4. The van der Waals surface area contributed by atoms with E-state index in [4.69, 9.17) is 14.7 Å². The van der Waals surface area contributed by atoms with E-state index in [9.17, 15) is 9.90 Å². The maximum atomic E-state index is 12.5. The van der Waals surface area contributed by atoms with Crippen LogP contribution in [0.3, 0.4) is 0 Å². The summed E-state index contributed by atoms with van der Waals surface area (Å²) in [6.45, 7) is 0.486. The Morgan fingerprint density at radius 2 is 1.85 bits per heavy atom. The number of nitriles is 1. The number of carbonyl (C=O) groups excluding carboxylic acids is 1. The van der Waals surface area contributed by atoms with E-state index in [-0.39, 0.29) is 18.0 Å². The first kappa shape index (κ1) is 21.5. The van der Waals surface area contributed by atoms with E-state index in [1.54, 1.807) is 31.4 Å². The number of methoxy groups -OCH3 is 1. The summed E-state index contributed by atoms with van der Waals surface area (Å²) in [5.41, 5.74) is 2.23. The number of carbonyl (C=O) groups is 1. The lowest BCUT2D eigenvalue weighted by Gasteiger charge is -2.10. The third-order valence-corrected chi connectivity index (χ3v) is 4.85. The number of hydrogen-bond donors (Lipinski definition) is 2. The Bertz CT molecular complexity index is 1330. The van der Waals surface area contributed by atoms with E-state index < -0.39 is 5.91 Å². The topological polar surface area (TPSA) is 130 Å². The smallest absolute Gasteiger partial charge is 0.274 e. The molecule has 0 aliphatic heterocycles. The number of fused-ring (bicyclic) bond motifs is 1. The van der Waals surface area contributed by atoms with Crippen molar-refractivity contribution < 1.29 is 19.4 Å². The molecular weight excluding hydrogens is 422 g/mol. The lowest BCUT2D eigenvalue weighted by Crippen LogP contribution is -2.24. The molecule has 9 nitrogen and oxygen atoms in total. The van der Waals surface area contributed by atoms with Gasteiger partial charge in [-0.15, -0.1) is 0 Å². The largest absolute Gasteiger partial charge is 0.505 e. The van der Waals surface area contributed by atoms with Crippen LogP contribution in [0.5, 0.6) is 17.4 Å². The molecule has 1 aromatic carbocycles. The van der Waals surface area contributed by atoms with Crippen LogP contribution in [0.4, 0.5) is 0 Å². The van der Waals surface area contributed by atoms with Crippen LogP contribution in [0.1, 0.15) is 27.3 Å². The van der Waals surface area contributed by atoms with Gasteiger partial charge in [0.2, 0.25) is 5.88 Å². The number of ether oxygens (including phenoxy) is 2. The highest BCUT2D eigenvalue weighted by atomic mass is 16.5. The van der Waals surface area contributed by atoms with E-state index >= 15 is 0 Å². The number of aromatic nitrogens is 3. The summed E-state index contributed by atoms with van der Waals surface area (Å²) in [7, 11) is 1.61. The zero-order valence-corrected chi connectivity index (χ0v) is 17.6. The molecule has 4 rings (SSSR count). The van der Waals surface area contributed by atoms with Crippen LogP contribution in [-0.4, -0.2) is 33.1 Å². The maximum absolute atomic E-state index is 12.5. The maximum Gasteiger partial charge on any atom is 0.274 e. The normalized spacial score (nSPS) is 10.4. The van der Waals surface area contributed by atoms with Crippen LogP contribution < -0.4 is 14.8 Å². The van der Waals surface area contributed by atoms with E-state index in [1.807, 2.05) is 30.3 Å². The van der Waals surface area contributed by atoms with Gasteiger partial charge in [-0.1, -0.05) is 18.2 Å². The highest BCUT2D eigenvalue weighted by molar-refractivity contribution is 6.00. The fourth-order valence-corrected chi connectivity index (χ4v) is 3.06. The van der Waals surface area contributed by atoms with Gasteiger partial charge >= 0.3 is 0 Å². The minimum Gasteiger partial charge on any atom is -0.505 e. The van der Waals surface area contributed by atoms with Crippen molar-refractivity contribution in [3.8, 4) is 23.4 Å². The summed E-state index contributed by atoms with van der Waals surface area (Å²) >= 11 is 0. The van der Waals surface area contributed by atoms with Crippen LogP contribution in [0.15, 0.2) is 60.9 Å². The van der Waals surface area contributed by atoms with Crippen LogP contribution in [0.2, 0.25) is 0 Å². The Balaban J connectivity index is 1.44. The fourth-order valence-electron chi connectivity index (χ4n) is 3.06. The quantitative estimate of drug-likeness (QED) is 0.447. The van der Waals surface area contributed by atoms with Gasteiger partial charge in [0.15, 0.2) is 11.4 Å². The summed E-state index contributed by atoms with van der Waals surface area (Å²) < 4.78 is 10.9. The van der Waals surface area contributed by atoms with E-state index in [0.29, 0.717) is 34.6 Å². The van der Waals surface area contributed by atoms with Crippen molar-refractivity contribution in [1.29, 1.82) is 5.26 Å². The van der Waals surface area contributed by atoms with Crippen molar-refractivity contribution in [2.75, 3.05) is 7.11 Å². The predicted molar refractivity (Wildman–Crippen MR) is 119 cm³/mol. The van der Waals surface area contributed by atoms with Crippen LogP contribution >= 0.6 is 0 Å². The lowest BCUT2D eigenvalue weighted by atomic mass is 10.2. The highest BCUT2D eigenvalue weighted by Gasteiger charge is 2.17. The molecule has 0 spiro atoms. The molecule has 4 aromatic rings. The second kappa shape index (κ2) is 9.62. The molecule has 0 radical (unpaired) electrons. The number of amides is 1. The molecule has 9 heteroatoms. The zero-order valence-electron chi connectivity index (χ0n) is 17.6. The third-order valence-electron chi connectivity index (χ3n) is 4.85. The van der Waals surface area contributed by atoms with Gasteiger partial charge < -0.3 is 19.9 Å². The molecule has 0 bridgehead atoms. The molecule has 2 N–H and O–H groups in total. The Hall–Kier alpha value is -4.71. The summed E-state index contributed by atoms with van der Waals surface area (Å²) in [6.07, 6.45) is 2.91. The number of benzene rings is 1. The molecule has 1 amide bonds. The molecule has 0 fully saturated rings. The van der Waals surface area contributed by atoms with Gasteiger partial charge in [-0.3, -0.25) is 4.79 Å². The molecule has 0 unspecified atom stereocenters.